The lowest BCUT2D eigenvalue weighted by Gasteiger charge is -2.12. The summed E-state index contributed by atoms with van der Waals surface area (Å²) >= 11 is 1.57. The van der Waals surface area contributed by atoms with Crippen molar-refractivity contribution in [2.24, 2.45) is 0 Å². The number of nitrogens with one attached hydrogen (secondary N) is 2. The Labute approximate surface area is 114 Å². The van der Waals surface area contributed by atoms with E-state index in [1.807, 2.05) is 31.4 Å². The maximum atomic E-state index is 11.8. The monoisotopic (exact) mass is 290 g/mol. The van der Waals surface area contributed by atoms with Gasteiger partial charge in [-0.1, -0.05) is 13.0 Å². The van der Waals surface area contributed by atoms with Gasteiger partial charge >= 0.3 is 0 Å². The minimum Gasteiger partial charge on any atom is -0.317 e. The Morgan fingerprint density at radius 1 is 1.39 bits per heavy atom. The standard InChI is InChI=1S/C12H22N2O2S2/c1-3-13-8-4-5-10-18(15,16)14-11(2)12-7-6-9-17-12/h6-7,9,11,13-14H,3-5,8,10H2,1-2H3. The van der Waals surface area contributed by atoms with Crippen molar-refractivity contribution in [2.45, 2.75) is 32.7 Å². The zero-order chi connectivity index (χ0) is 13.4. The summed E-state index contributed by atoms with van der Waals surface area (Å²) in [7, 11) is -3.17. The summed E-state index contributed by atoms with van der Waals surface area (Å²) in [4.78, 5) is 1.05. The number of hydrogen-bond acceptors (Lipinski definition) is 4. The molecule has 0 saturated carbocycles. The number of thiophene rings is 1. The molecule has 0 bridgehead atoms. The van der Waals surface area contributed by atoms with Crippen LogP contribution < -0.4 is 10.0 Å². The van der Waals surface area contributed by atoms with Crippen LogP contribution in [0.3, 0.4) is 0 Å². The summed E-state index contributed by atoms with van der Waals surface area (Å²) in [5.74, 6) is 0.202. The molecule has 0 radical (unpaired) electrons. The minimum atomic E-state index is -3.17. The van der Waals surface area contributed by atoms with E-state index in [2.05, 4.69) is 10.0 Å². The van der Waals surface area contributed by atoms with Crippen LogP contribution in [0.4, 0.5) is 0 Å². The van der Waals surface area contributed by atoms with Crippen LogP contribution in [0.5, 0.6) is 0 Å². The van der Waals surface area contributed by atoms with Crippen molar-refractivity contribution in [1.82, 2.24) is 10.0 Å². The molecule has 1 heterocycles. The van der Waals surface area contributed by atoms with Crippen LogP contribution >= 0.6 is 11.3 Å². The van der Waals surface area contributed by atoms with Gasteiger partial charge in [0.1, 0.15) is 0 Å². The molecule has 0 amide bonds. The van der Waals surface area contributed by atoms with E-state index in [9.17, 15) is 8.42 Å². The van der Waals surface area contributed by atoms with Crippen LogP contribution in [-0.2, 0) is 10.0 Å². The van der Waals surface area contributed by atoms with Gasteiger partial charge in [-0.15, -0.1) is 11.3 Å². The van der Waals surface area contributed by atoms with Crippen molar-refractivity contribution in [3.8, 4) is 0 Å². The third-order valence-electron chi connectivity index (χ3n) is 2.59. The lowest BCUT2D eigenvalue weighted by molar-refractivity contribution is 0.562. The van der Waals surface area contributed by atoms with Crippen molar-refractivity contribution >= 4 is 21.4 Å². The molecule has 2 N–H and O–H groups in total. The fraction of sp³-hybridized carbons (Fsp3) is 0.667. The van der Waals surface area contributed by atoms with Crippen molar-refractivity contribution in [1.29, 1.82) is 0 Å². The Morgan fingerprint density at radius 2 is 2.17 bits per heavy atom. The summed E-state index contributed by atoms with van der Waals surface area (Å²) in [5, 5.41) is 5.14. The van der Waals surface area contributed by atoms with Gasteiger partial charge in [-0.05, 0) is 44.3 Å². The summed E-state index contributed by atoms with van der Waals surface area (Å²) in [6.45, 7) is 5.73. The molecule has 0 aliphatic rings. The Morgan fingerprint density at radius 3 is 2.78 bits per heavy atom. The molecule has 1 unspecified atom stereocenters. The highest BCUT2D eigenvalue weighted by atomic mass is 32.2. The molecule has 0 fully saturated rings. The second-order valence-electron chi connectivity index (χ2n) is 4.23. The molecule has 0 saturated heterocycles. The normalized spacial score (nSPS) is 13.7. The first-order chi connectivity index (χ1) is 8.55. The fourth-order valence-corrected chi connectivity index (χ4v) is 3.82. The molecular weight excluding hydrogens is 268 g/mol. The quantitative estimate of drug-likeness (QED) is 0.685. The molecular formula is C12H22N2O2S2. The molecule has 0 aliphatic heterocycles. The van der Waals surface area contributed by atoms with E-state index in [0.717, 1.165) is 24.4 Å². The molecule has 104 valence electrons. The van der Waals surface area contributed by atoms with Crippen molar-refractivity contribution in [2.75, 3.05) is 18.8 Å². The van der Waals surface area contributed by atoms with Crippen LogP contribution in [0.15, 0.2) is 17.5 Å². The highest BCUT2D eigenvalue weighted by Gasteiger charge is 2.15. The summed E-state index contributed by atoms with van der Waals surface area (Å²) in [6.07, 6.45) is 1.58. The van der Waals surface area contributed by atoms with Gasteiger partial charge in [0, 0.05) is 4.88 Å². The third-order valence-corrected chi connectivity index (χ3v) is 5.19. The van der Waals surface area contributed by atoms with Crippen molar-refractivity contribution < 1.29 is 8.42 Å². The molecule has 18 heavy (non-hydrogen) atoms. The van der Waals surface area contributed by atoms with Crippen LogP contribution in [0.2, 0.25) is 0 Å². The first-order valence-corrected chi connectivity index (χ1v) is 8.82. The number of rotatable bonds is 9. The van der Waals surface area contributed by atoms with Gasteiger partial charge in [-0.2, -0.15) is 0 Å². The highest BCUT2D eigenvalue weighted by Crippen LogP contribution is 2.19. The van der Waals surface area contributed by atoms with E-state index in [4.69, 9.17) is 0 Å². The second-order valence-corrected chi connectivity index (χ2v) is 7.09. The van der Waals surface area contributed by atoms with Crippen LogP contribution in [0.1, 0.15) is 37.6 Å². The average Bonchev–Trinajstić information content (AvgIpc) is 2.81. The van der Waals surface area contributed by atoms with Crippen LogP contribution in [0.25, 0.3) is 0 Å². The highest BCUT2D eigenvalue weighted by molar-refractivity contribution is 7.89. The Kier molecular flexibility index (Phi) is 6.85. The lowest BCUT2D eigenvalue weighted by Crippen LogP contribution is -2.29. The Balaban J connectivity index is 2.31. The van der Waals surface area contributed by atoms with Gasteiger partial charge in [0.25, 0.3) is 0 Å². The zero-order valence-corrected chi connectivity index (χ0v) is 12.6. The SMILES string of the molecule is CCNCCCCS(=O)(=O)NC(C)c1cccs1. The maximum Gasteiger partial charge on any atom is 0.212 e. The zero-order valence-electron chi connectivity index (χ0n) is 11.0. The van der Waals surface area contributed by atoms with Gasteiger partial charge in [0.15, 0.2) is 0 Å². The third kappa shape index (κ3) is 5.95. The van der Waals surface area contributed by atoms with E-state index in [1.54, 1.807) is 11.3 Å². The molecule has 4 nitrogen and oxygen atoms in total. The summed E-state index contributed by atoms with van der Waals surface area (Å²) in [5.41, 5.74) is 0. The largest absolute Gasteiger partial charge is 0.317 e. The van der Waals surface area contributed by atoms with Crippen molar-refractivity contribution in [3.05, 3.63) is 22.4 Å². The molecule has 6 heteroatoms. The molecule has 0 aliphatic carbocycles. The van der Waals surface area contributed by atoms with E-state index < -0.39 is 10.0 Å². The predicted molar refractivity (Wildman–Crippen MR) is 77.4 cm³/mol. The average molecular weight is 290 g/mol. The van der Waals surface area contributed by atoms with Crippen molar-refractivity contribution in [3.63, 3.8) is 0 Å². The van der Waals surface area contributed by atoms with Gasteiger partial charge in [0.05, 0.1) is 11.8 Å². The predicted octanol–water partition coefficient (Wildman–Crippen LogP) is 2.12. The van der Waals surface area contributed by atoms with Gasteiger partial charge < -0.3 is 5.32 Å². The number of hydrogen-bond donors (Lipinski definition) is 2. The molecule has 0 spiro atoms. The van der Waals surface area contributed by atoms with Crippen LogP contribution in [-0.4, -0.2) is 27.3 Å². The fourth-order valence-electron chi connectivity index (χ4n) is 1.64. The van der Waals surface area contributed by atoms with Crippen LogP contribution in [0, 0.1) is 0 Å². The van der Waals surface area contributed by atoms with E-state index in [0.29, 0.717) is 6.42 Å². The minimum absolute atomic E-state index is 0.135. The molecule has 0 aromatic carbocycles. The number of sulfonamides is 1. The van der Waals surface area contributed by atoms with Gasteiger partial charge in [-0.3, -0.25) is 0 Å². The summed E-state index contributed by atoms with van der Waals surface area (Å²) in [6, 6.07) is 3.74. The first kappa shape index (κ1) is 15.6. The lowest BCUT2D eigenvalue weighted by atomic mass is 10.3. The molecule has 1 aromatic rings. The first-order valence-electron chi connectivity index (χ1n) is 6.29. The smallest absolute Gasteiger partial charge is 0.212 e. The Bertz CT molecular complexity index is 415. The second kappa shape index (κ2) is 7.89. The molecule has 1 aromatic heterocycles. The number of unbranched alkanes of at least 4 members (excludes halogenated alkanes) is 1. The van der Waals surface area contributed by atoms with E-state index >= 15 is 0 Å². The van der Waals surface area contributed by atoms with Gasteiger partial charge in [-0.25, -0.2) is 13.1 Å². The van der Waals surface area contributed by atoms with E-state index in [-0.39, 0.29) is 11.8 Å². The topological polar surface area (TPSA) is 58.2 Å². The molecule has 1 rings (SSSR count). The van der Waals surface area contributed by atoms with E-state index in [1.165, 1.54) is 0 Å². The Hall–Kier alpha value is -0.430. The molecule has 1 atom stereocenters. The maximum absolute atomic E-state index is 11.8. The van der Waals surface area contributed by atoms with Gasteiger partial charge in [0.2, 0.25) is 10.0 Å². The summed E-state index contributed by atoms with van der Waals surface area (Å²) < 4.78 is 26.4.